The minimum Gasteiger partial charge on any atom is -0.457 e. The molecule has 25 heavy (non-hydrogen) atoms. The van der Waals surface area contributed by atoms with E-state index < -0.39 is 0 Å². The molecule has 0 radical (unpaired) electrons. The molecule has 2 aromatic carbocycles. The highest BCUT2D eigenvalue weighted by Crippen LogP contribution is 2.56. The number of hydrogen-bond acceptors (Lipinski definition) is 3. The van der Waals surface area contributed by atoms with Gasteiger partial charge in [-0.05, 0) is 73.6 Å². The van der Waals surface area contributed by atoms with Crippen LogP contribution in [0.15, 0.2) is 42.5 Å². The number of fused-ring (bicyclic) bond motifs is 6. The number of hydrogen-bond donors (Lipinski definition) is 0. The summed E-state index contributed by atoms with van der Waals surface area (Å²) in [4.78, 5) is 26.0. The van der Waals surface area contributed by atoms with E-state index in [4.69, 9.17) is 16.3 Å². The maximum Gasteiger partial charge on any atom is 0.167 e. The molecule has 0 spiro atoms. The quantitative estimate of drug-likeness (QED) is 0.748. The zero-order chi connectivity index (χ0) is 17.1. The van der Waals surface area contributed by atoms with Crippen molar-refractivity contribution >= 4 is 23.2 Å². The third-order valence-electron chi connectivity index (χ3n) is 6.09. The van der Waals surface area contributed by atoms with Crippen LogP contribution in [0.1, 0.15) is 40.0 Å². The fourth-order valence-corrected chi connectivity index (χ4v) is 5.18. The van der Waals surface area contributed by atoms with Gasteiger partial charge in [0.15, 0.2) is 11.6 Å². The Balaban J connectivity index is 1.51. The van der Waals surface area contributed by atoms with Crippen molar-refractivity contribution in [2.75, 3.05) is 0 Å². The topological polar surface area (TPSA) is 43.4 Å². The molecule has 3 aliphatic carbocycles. The first-order valence-corrected chi connectivity index (χ1v) is 9.15. The molecular weight excluding hydrogens is 336 g/mol. The van der Waals surface area contributed by atoms with Gasteiger partial charge >= 0.3 is 0 Å². The van der Waals surface area contributed by atoms with Gasteiger partial charge in [-0.1, -0.05) is 11.6 Å². The number of ether oxygens (including phenoxy) is 1. The number of rotatable bonds is 2. The zero-order valence-corrected chi connectivity index (χ0v) is 14.3. The van der Waals surface area contributed by atoms with Gasteiger partial charge in [-0.25, -0.2) is 0 Å². The van der Waals surface area contributed by atoms with Crippen molar-refractivity contribution in [3.8, 4) is 11.5 Å². The molecule has 5 rings (SSSR count). The van der Waals surface area contributed by atoms with Crippen molar-refractivity contribution < 1.29 is 14.3 Å². The van der Waals surface area contributed by atoms with E-state index in [0.717, 1.165) is 19.3 Å². The molecule has 0 aromatic heterocycles. The minimum atomic E-state index is -0.107. The Kier molecular flexibility index (Phi) is 3.29. The SMILES string of the molecule is O=C1c2ccc(Oc3ccc(Cl)cc3)cc2C(=O)C2C3CCC(C3)C12. The maximum atomic E-state index is 13.1. The molecule has 0 aliphatic heterocycles. The molecule has 2 saturated carbocycles. The summed E-state index contributed by atoms with van der Waals surface area (Å²) in [5, 5.41) is 0.640. The van der Waals surface area contributed by atoms with Crippen LogP contribution in [0.4, 0.5) is 0 Å². The van der Waals surface area contributed by atoms with Gasteiger partial charge in [-0.15, -0.1) is 0 Å². The summed E-state index contributed by atoms with van der Waals surface area (Å²) in [5.74, 6) is 2.12. The highest BCUT2D eigenvalue weighted by Gasteiger charge is 2.56. The Morgan fingerprint density at radius 1 is 0.800 bits per heavy atom. The van der Waals surface area contributed by atoms with Crippen molar-refractivity contribution in [2.24, 2.45) is 23.7 Å². The van der Waals surface area contributed by atoms with E-state index in [1.54, 1.807) is 42.5 Å². The second kappa shape index (κ2) is 5.43. The van der Waals surface area contributed by atoms with Crippen LogP contribution in [0.5, 0.6) is 11.5 Å². The molecule has 126 valence electrons. The van der Waals surface area contributed by atoms with Crippen LogP contribution in [0, 0.1) is 23.7 Å². The Hall–Kier alpha value is -2.13. The Labute approximate surface area is 150 Å². The van der Waals surface area contributed by atoms with Gasteiger partial charge in [0.05, 0.1) is 0 Å². The minimum absolute atomic E-state index is 0.0817. The molecule has 2 fully saturated rings. The number of carbonyl (C=O) groups excluding carboxylic acids is 2. The van der Waals surface area contributed by atoms with Crippen LogP contribution in [0.3, 0.4) is 0 Å². The van der Waals surface area contributed by atoms with Gasteiger partial charge < -0.3 is 4.74 Å². The van der Waals surface area contributed by atoms with E-state index >= 15 is 0 Å². The number of Topliss-reactive ketones (excluding diaryl/α,β-unsaturated/α-hetero) is 2. The predicted molar refractivity (Wildman–Crippen MR) is 94.4 cm³/mol. The van der Waals surface area contributed by atoms with Crippen LogP contribution >= 0.6 is 11.6 Å². The van der Waals surface area contributed by atoms with E-state index in [1.165, 1.54) is 0 Å². The van der Waals surface area contributed by atoms with Crippen LogP contribution in [0.25, 0.3) is 0 Å². The number of benzene rings is 2. The van der Waals surface area contributed by atoms with E-state index in [0.29, 0.717) is 39.5 Å². The van der Waals surface area contributed by atoms with Gasteiger partial charge in [-0.2, -0.15) is 0 Å². The lowest BCUT2D eigenvalue weighted by atomic mass is 9.67. The highest BCUT2D eigenvalue weighted by molar-refractivity contribution is 6.30. The number of ketones is 2. The molecule has 3 aliphatic rings. The average Bonchev–Trinajstić information content (AvgIpc) is 3.23. The smallest absolute Gasteiger partial charge is 0.167 e. The maximum absolute atomic E-state index is 13.1. The predicted octanol–water partition coefficient (Wildman–Crippen LogP) is 5.17. The van der Waals surface area contributed by atoms with Crippen LogP contribution in [0.2, 0.25) is 5.02 Å². The van der Waals surface area contributed by atoms with Gasteiger partial charge in [0.2, 0.25) is 0 Å². The van der Waals surface area contributed by atoms with Crippen LogP contribution < -0.4 is 4.74 Å². The normalized spacial score (nSPS) is 29.5. The molecule has 0 saturated heterocycles. The first kappa shape index (κ1) is 15.2. The van der Waals surface area contributed by atoms with Crippen molar-refractivity contribution in [3.63, 3.8) is 0 Å². The standard InChI is InChI=1S/C21H17ClO3/c22-13-3-5-14(6-4-13)25-15-7-8-16-17(10-15)21(24)19-12-2-1-11(9-12)18(19)20(16)23/h3-8,10-12,18-19H,1-2,9H2. The third-order valence-corrected chi connectivity index (χ3v) is 6.35. The molecule has 4 unspecified atom stereocenters. The lowest BCUT2D eigenvalue weighted by molar-refractivity contribution is 0.0660. The fraction of sp³-hybridized carbons (Fsp3) is 0.333. The van der Waals surface area contributed by atoms with Gasteiger partial charge in [0.25, 0.3) is 0 Å². The lowest BCUT2D eigenvalue weighted by Gasteiger charge is -2.33. The van der Waals surface area contributed by atoms with Crippen molar-refractivity contribution in [2.45, 2.75) is 19.3 Å². The Morgan fingerprint density at radius 3 is 2.08 bits per heavy atom. The Morgan fingerprint density at radius 2 is 1.40 bits per heavy atom. The largest absolute Gasteiger partial charge is 0.457 e. The second-order valence-corrected chi connectivity index (χ2v) is 7.81. The molecule has 2 bridgehead atoms. The summed E-state index contributed by atoms with van der Waals surface area (Å²) in [6.07, 6.45) is 3.22. The van der Waals surface area contributed by atoms with E-state index in [2.05, 4.69) is 0 Å². The first-order chi connectivity index (χ1) is 12.1. The third kappa shape index (κ3) is 2.26. The van der Waals surface area contributed by atoms with Crippen molar-refractivity contribution in [3.05, 3.63) is 58.6 Å². The molecular formula is C21H17ClO3. The van der Waals surface area contributed by atoms with Crippen molar-refractivity contribution in [1.29, 1.82) is 0 Å². The van der Waals surface area contributed by atoms with Crippen LogP contribution in [-0.2, 0) is 0 Å². The van der Waals surface area contributed by atoms with Crippen molar-refractivity contribution in [1.82, 2.24) is 0 Å². The molecule has 4 heteroatoms. The molecule has 4 atom stereocenters. The lowest BCUT2D eigenvalue weighted by Crippen LogP contribution is -2.40. The molecule has 0 amide bonds. The summed E-state index contributed by atoms with van der Waals surface area (Å²) in [7, 11) is 0. The molecule has 0 heterocycles. The van der Waals surface area contributed by atoms with Crippen LogP contribution in [-0.4, -0.2) is 11.6 Å². The number of carbonyl (C=O) groups is 2. The fourth-order valence-electron chi connectivity index (χ4n) is 5.05. The molecule has 0 N–H and O–H groups in total. The monoisotopic (exact) mass is 352 g/mol. The van der Waals surface area contributed by atoms with Gasteiger partial charge in [0, 0.05) is 28.0 Å². The molecule has 3 nitrogen and oxygen atoms in total. The summed E-state index contributed by atoms with van der Waals surface area (Å²) in [5.41, 5.74) is 1.10. The average molecular weight is 353 g/mol. The highest BCUT2D eigenvalue weighted by atomic mass is 35.5. The number of halogens is 1. The zero-order valence-electron chi connectivity index (χ0n) is 13.6. The van der Waals surface area contributed by atoms with Gasteiger partial charge in [-0.3, -0.25) is 9.59 Å². The summed E-state index contributed by atoms with van der Waals surface area (Å²) in [6.45, 7) is 0. The van der Waals surface area contributed by atoms with E-state index in [-0.39, 0.29) is 23.4 Å². The molecule has 2 aromatic rings. The van der Waals surface area contributed by atoms with E-state index in [1.807, 2.05) is 0 Å². The van der Waals surface area contributed by atoms with Gasteiger partial charge in [0.1, 0.15) is 11.5 Å². The summed E-state index contributed by atoms with van der Waals surface area (Å²) in [6, 6.07) is 12.3. The van der Waals surface area contributed by atoms with E-state index in [9.17, 15) is 9.59 Å². The Bertz CT molecular complexity index is 887. The first-order valence-electron chi connectivity index (χ1n) is 8.78. The summed E-state index contributed by atoms with van der Waals surface area (Å²) < 4.78 is 5.83. The summed E-state index contributed by atoms with van der Waals surface area (Å²) >= 11 is 5.89. The second-order valence-electron chi connectivity index (χ2n) is 7.38.